The van der Waals surface area contributed by atoms with E-state index in [1.54, 1.807) is 43.8 Å². The van der Waals surface area contributed by atoms with E-state index in [0.717, 1.165) is 5.56 Å². The summed E-state index contributed by atoms with van der Waals surface area (Å²) in [6.07, 6.45) is 1.66. The number of amides is 2. The Morgan fingerprint density at radius 3 is 2.79 bits per heavy atom. The number of nitrogens with zero attached hydrogens (tertiary/aromatic N) is 3. The summed E-state index contributed by atoms with van der Waals surface area (Å²) in [5.41, 5.74) is 0.743. The molecule has 1 aromatic carbocycles. The Labute approximate surface area is 139 Å². The zero-order chi connectivity index (χ0) is 17.5. The third-order valence-electron chi connectivity index (χ3n) is 4.31. The molecule has 2 aromatic rings. The molecule has 0 atom stereocenters. The second kappa shape index (κ2) is 5.74. The molecule has 0 aliphatic carbocycles. The van der Waals surface area contributed by atoms with Crippen LogP contribution in [-0.4, -0.2) is 45.1 Å². The fraction of sp³-hybridized carbons (Fsp3) is 0.353. The van der Waals surface area contributed by atoms with Crippen LogP contribution in [-0.2, 0) is 4.79 Å². The lowest BCUT2D eigenvalue weighted by atomic mass is 9.98. The molecule has 0 bridgehead atoms. The molecular formula is C17H19FN4O2. The van der Waals surface area contributed by atoms with Crippen LogP contribution in [0.3, 0.4) is 0 Å². The monoisotopic (exact) mass is 330 g/mol. The van der Waals surface area contributed by atoms with Gasteiger partial charge in [-0.2, -0.15) is 5.10 Å². The van der Waals surface area contributed by atoms with Crippen molar-refractivity contribution in [3.05, 3.63) is 47.5 Å². The molecule has 2 heterocycles. The maximum atomic E-state index is 13.2. The minimum absolute atomic E-state index is 0.184. The quantitative estimate of drug-likeness (QED) is 0.911. The van der Waals surface area contributed by atoms with Gasteiger partial charge in [0.1, 0.15) is 11.4 Å². The van der Waals surface area contributed by atoms with Gasteiger partial charge in [-0.25, -0.2) is 9.07 Å². The first-order valence-electron chi connectivity index (χ1n) is 7.73. The molecule has 0 spiro atoms. The number of nitrogens with one attached hydrogen (secondary N) is 1. The minimum atomic E-state index is -0.926. The molecule has 7 heteroatoms. The number of hydrogen-bond acceptors (Lipinski definition) is 3. The molecule has 0 radical (unpaired) electrons. The largest absolute Gasteiger partial charge is 0.352 e. The fourth-order valence-corrected chi connectivity index (χ4v) is 2.84. The smallest absolute Gasteiger partial charge is 0.275 e. The lowest BCUT2D eigenvalue weighted by Crippen LogP contribution is -2.63. The second-order valence-electron chi connectivity index (χ2n) is 6.35. The van der Waals surface area contributed by atoms with Crippen molar-refractivity contribution in [1.82, 2.24) is 20.0 Å². The van der Waals surface area contributed by atoms with Crippen LogP contribution in [0, 0.1) is 12.7 Å². The maximum absolute atomic E-state index is 13.2. The van der Waals surface area contributed by atoms with Gasteiger partial charge < -0.3 is 10.2 Å². The van der Waals surface area contributed by atoms with Gasteiger partial charge in [0.25, 0.3) is 5.91 Å². The van der Waals surface area contributed by atoms with E-state index in [-0.39, 0.29) is 23.3 Å². The summed E-state index contributed by atoms with van der Waals surface area (Å²) in [6, 6.07) is 5.98. The molecule has 1 N–H and O–H groups in total. The summed E-state index contributed by atoms with van der Waals surface area (Å²) in [4.78, 5) is 26.3. The zero-order valence-electron chi connectivity index (χ0n) is 13.8. The van der Waals surface area contributed by atoms with Crippen LogP contribution in [0.15, 0.2) is 30.5 Å². The topological polar surface area (TPSA) is 67.2 Å². The maximum Gasteiger partial charge on any atom is 0.275 e. The highest BCUT2D eigenvalue weighted by Crippen LogP contribution is 2.21. The first kappa shape index (κ1) is 16.2. The Hall–Kier alpha value is -2.70. The molecule has 1 aliphatic heterocycles. The van der Waals surface area contributed by atoms with Crippen LogP contribution < -0.4 is 5.32 Å². The van der Waals surface area contributed by atoms with E-state index in [4.69, 9.17) is 0 Å². The number of carbonyl (C=O) groups is 2. The first-order valence-corrected chi connectivity index (χ1v) is 7.73. The predicted molar refractivity (Wildman–Crippen MR) is 86.4 cm³/mol. The molecule has 1 saturated heterocycles. The van der Waals surface area contributed by atoms with Gasteiger partial charge in [-0.1, -0.05) is 0 Å². The average molecular weight is 330 g/mol. The van der Waals surface area contributed by atoms with Crippen molar-refractivity contribution in [2.75, 3.05) is 13.1 Å². The number of aryl methyl sites for hydroxylation is 1. The van der Waals surface area contributed by atoms with Crippen LogP contribution in [0.25, 0.3) is 5.69 Å². The third-order valence-corrected chi connectivity index (χ3v) is 4.31. The number of aromatic nitrogens is 2. The molecule has 6 nitrogen and oxygen atoms in total. The number of piperazine rings is 1. The number of benzene rings is 1. The Balaban J connectivity index is 1.90. The van der Waals surface area contributed by atoms with Crippen LogP contribution >= 0.6 is 0 Å². The van der Waals surface area contributed by atoms with Crippen molar-refractivity contribution in [2.45, 2.75) is 26.3 Å². The SMILES string of the molecule is Cc1cc(F)ccc1-n1ccc(C(=O)N2CCNC(=O)C2(C)C)n1. The van der Waals surface area contributed by atoms with Gasteiger partial charge in [0.2, 0.25) is 5.91 Å². The molecule has 1 fully saturated rings. The lowest BCUT2D eigenvalue weighted by molar-refractivity contribution is -0.133. The summed E-state index contributed by atoms with van der Waals surface area (Å²) in [5.74, 6) is -0.801. The number of hydrogen-bond donors (Lipinski definition) is 1. The van der Waals surface area contributed by atoms with Gasteiger partial charge in [0.15, 0.2) is 5.69 Å². The summed E-state index contributed by atoms with van der Waals surface area (Å²) >= 11 is 0. The van der Waals surface area contributed by atoms with E-state index >= 15 is 0 Å². The van der Waals surface area contributed by atoms with Crippen molar-refractivity contribution in [1.29, 1.82) is 0 Å². The van der Waals surface area contributed by atoms with E-state index in [2.05, 4.69) is 10.4 Å². The molecule has 126 valence electrons. The minimum Gasteiger partial charge on any atom is -0.352 e. The fourth-order valence-electron chi connectivity index (χ4n) is 2.84. The Morgan fingerprint density at radius 2 is 2.08 bits per heavy atom. The van der Waals surface area contributed by atoms with E-state index < -0.39 is 5.54 Å². The zero-order valence-corrected chi connectivity index (χ0v) is 13.8. The first-order chi connectivity index (χ1) is 11.3. The van der Waals surface area contributed by atoms with E-state index in [1.165, 1.54) is 17.0 Å². The number of carbonyl (C=O) groups excluding carboxylic acids is 2. The Bertz CT molecular complexity index is 813. The van der Waals surface area contributed by atoms with Crippen LogP contribution in [0.1, 0.15) is 29.9 Å². The molecule has 24 heavy (non-hydrogen) atoms. The molecule has 1 aromatic heterocycles. The van der Waals surface area contributed by atoms with E-state index in [1.807, 2.05) is 0 Å². The molecular weight excluding hydrogens is 311 g/mol. The van der Waals surface area contributed by atoms with E-state index in [9.17, 15) is 14.0 Å². The van der Waals surface area contributed by atoms with Crippen LogP contribution in [0.4, 0.5) is 4.39 Å². The summed E-state index contributed by atoms with van der Waals surface area (Å²) in [6.45, 7) is 6.05. The van der Waals surface area contributed by atoms with Gasteiger partial charge >= 0.3 is 0 Å². The number of rotatable bonds is 2. The summed E-state index contributed by atoms with van der Waals surface area (Å²) < 4.78 is 14.8. The highest BCUT2D eigenvalue weighted by atomic mass is 19.1. The van der Waals surface area contributed by atoms with Gasteiger partial charge in [0.05, 0.1) is 5.69 Å². The van der Waals surface area contributed by atoms with E-state index in [0.29, 0.717) is 18.8 Å². The standard InChI is InChI=1S/C17H19FN4O2/c1-11-10-12(18)4-5-14(11)22-8-6-13(20-22)15(23)21-9-7-19-16(24)17(21,2)3/h4-6,8,10H,7,9H2,1-3H3,(H,19,24). The van der Waals surface area contributed by atoms with Gasteiger partial charge in [-0.05, 0) is 50.6 Å². The normalized spacial score (nSPS) is 16.8. The molecule has 0 unspecified atom stereocenters. The third kappa shape index (κ3) is 2.66. The van der Waals surface area contributed by atoms with Crippen molar-refractivity contribution < 1.29 is 14.0 Å². The van der Waals surface area contributed by atoms with Gasteiger partial charge in [0, 0.05) is 19.3 Å². The Kier molecular flexibility index (Phi) is 3.87. The summed E-state index contributed by atoms with van der Waals surface area (Å²) in [7, 11) is 0. The Morgan fingerprint density at radius 1 is 1.33 bits per heavy atom. The highest BCUT2D eigenvalue weighted by molar-refractivity contribution is 5.98. The lowest BCUT2D eigenvalue weighted by Gasteiger charge is -2.40. The van der Waals surface area contributed by atoms with Crippen LogP contribution in [0.5, 0.6) is 0 Å². The molecule has 3 rings (SSSR count). The summed E-state index contributed by atoms with van der Waals surface area (Å²) in [5, 5.41) is 7.07. The van der Waals surface area contributed by atoms with Crippen molar-refractivity contribution >= 4 is 11.8 Å². The molecule has 1 aliphatic rings. The predicted octanol–water partition coefficient (Wildman–Crippen LogP) is 1.67. The molecule has 2 amide bonds. The number of halogens is 1. The second-order valence-corrected chi connectivity index (χ2v) is 6.35. The highest BCUT2D eigenvalue weighted by Gasteiger charge is 2.41. The molecule has 0 saturated carbocycles. The van der Waals surface area contributed by atoms with Crippen molar-refractivity contribution in [2.24, 2.45) is 0 Å². The average Bonchev–Trinajstić information content (AvgIpc) is 2.99. The van der Waals surface area contributed by atoms with Gasteiger partial charge in [-0.3, -0.25) is 9.59 Å². The van der Waals surface area contributed by atoms with Crippen molar-refractivity contribution in [3.63, 3.8) is 0 Å². The van der Waals surface area contributed by atoms with Crippen molar-refractivity contribution in [3.8, 4) is 5.69 Å². The van der Waals surface area contributed by atoms with Gasteiger partial charge in [-0.15, -0.1) is 0 Å². The van der Waals surface area contributed by atoms with Crippen LogP contribution in [0.2, 0.25) is 0 Å².